The standard InChI is InChI=1S/C12H13BrN2/c1-7-10(13)6-9-4-3-5-15-8(2)14-11(7)12(9)15/h6H,3-5H2,1-2H3. The maximum absolute atomic E-state index is 4.68. The van der Waals surface area contributed by atoms with Crippen molar-refractivity contribution in [2.24, 2.45) is 0 Å². The topological polar surface area (TPSA) is 17.8 Å². The highest BCUT2D eigenvalue weighted by atomic mass is 79.9. The van der Waals surface area contributed by atoms with Gasteiger partial charge in [-0.25, -0.2) is 4.98 Å². The molecule has 1 aromatic carbocycles. The summed E-state index contributed by atoms with van der Waals surface area (Å²) in [5, 5.41) is 0. The number of aromatic nitrogens is 2. The predicted molar refractivity (Wildman–Crippen MR) is 65.2 cm³/mol. The summed E-state index contributed by atoms with van der Waals surface area (Å²) in [4.78, 5) is 4.68. The molecule has 0 N–H and O–H groups in total. The van der Waals surface area contributed by atoms with Gasteiger partial charge in [-0.3, -0.25) is 0 Å². The van der Waals surface area contributed by atoms with E-state index in [0.29, 0.717) is 0 Å². The molecule has 0 radical (unpaired) electrons. The van der Waals surface area contributed by atoms with Gasteiger partial charge in [0.2, 0.25) is 0 Å². The first-order valence-electron chi connectivity index (χ1n) is 5.33. The predicted octanol–water partition coefficient (Wildman–Crippen LogP) is 3.36. The van der Waals surface area contributed by atoms with Crippen LogP contribution < -0.4 is 0 Å². The Balaban J connectivity index is 2.52. The lowest BCUT2D eigenvalue weighted by atomic mass is 10.0. The minimum atomic E-state index is 1.12. The van der Waals surface area contributed by atoms with E-state index in [-0.39, 0.29) is 0 Å². The highest BCUT2D eigenvalue weighted by Crippen LogP contribution is 2.32. The Morgan fingerprint density at radius 1 is 1.40 bits per heavy atom. The second kappa shape index (κ2) is 3.08. The van der Waals surface area contributed by atoms with Gasteiger partial charge in [-0.05, 0) is 43.9 Å². The van der Waals surface area contributed by atoms with Crippen LogP contribution in [-0.2, 0) is 13.0 Å². The molecular weight excluding hydrogens is 252 g/mol. The van der Waals surface area contributed by atoms with Crippen molar-refractivity contribution in [2.45, 2.75) is 33.2 Å². The van der Waals surface area contributed by atoms with Crippen LogP contribution in [0.15, 0.2) is 10.5 Å². The molecular formula is C12H13BrN2. The highest BCUT2D eigenvalue weighted by molar-refractivity contribution is 9.10. The number of benzene rings is 1. The second-order valence-electron chi connectivity index (χ2n) is 4.25. The van der Waals surface area contributed by atoms with Gasteiger partial charge < -0.3 is 4.57 Å². The van der Waals surface area contributed by atoms with Gasteiger partial charge in [-0.1, -0.05) is 15.9 Å². The number of hydrogen-bond acceptors (Lipinski definition) is 1. The van der Waals surface area contributed by atoms with Crippen molar-refractivity contribution in [2.75, 3.05) is 0 Å². The summed E-state index contributed by atoms with van der Waals surface area (Å²) < 4.78 is 3.55. The lowest BCUT2D eigenvalue weighted by Gasteiger charge is -2.16. The third kappa shape index (κ3) is 1.19. The molecule has 3 heteroatoms. The summed E-state index contributed by atoms with van der Waals surface area (Å²) in [5.74, 6) is 1.15. The number of rotatable bonds is 0. The number of imidazole rings is 1. The van der Waals surface area contributed by atoms with Crippen LogP contribution in [0.4, 0.5) is 0 Å². The van der Waals surface area contributed by atoms with E-state index in [4.69, 9.17) is 0 Å². The van der Waals surface area contributed by atoms with Crippen molar-refractivity contribution in [1.82, 2.24) is 9.55 Å². The lowest BCUT2D eigenvalue weighted by molar-refractivity contribution is 0.617. The summed E-state index contributed by atoms with van der Waals surface area (Å²) in [5.41, 5.74) is 5.24. The van der Waals surface area contributed by atoms with E-state index in [1.165, 1.54) is 39.5 Å². The zero-order chi connectivity index (χ0) is 10.6. The van der Waals surface area contributed by atoms with Crippen LogP contribution in [0.2, 0.25) is 0 Å². The largest absolute Gasteiger partial charge is 0.328 e. The van der Waals surface area contributed by atoms with E-state index in [9.17, 15) is 0 Å². The fourth-order valence-corrected chi connectivity index (χ4v) is 2.95. The number of halogens is 1. The smallest absolute Gasteiger partial charge is 0.106 e. The lowest BCUT2D eigenvalue weighted by Crippen LogP contribution is -2.09. The van der Waals surface area contributed by atoms with Gasteiger partial charge in [0.25, 0.3) is 0 Å². The van der Waals surface area contributed by atoms with E-state index in [1.54, 1.807) is 0 Å². The average Bonchev–Trinajstić information content (AvgIpc) is 2.55. The quantitative estimate of drug-likeness (QED) is 0.714. The molecule has 0 saturated carbocycles. The van der Waals surface area contributed by atoms with Crippen molar-refractivity contribution >= 4 is 27.0 Å². The molecule has 0 saturated heterocycles. The van der Waals surface area contributed by atoms with Crippen molar-refractivity contribution in [3.63, 3.8) is 0 Å². The molecule has 2 heterocycles. The molecule has 1 aromatic heterocycles. The number of nitrogens with zero attached hydrogens (tertiary/aromatic N) is 2. The molecule has 15 heavy (non-hydrogen) atoms. The summed E-state index contributed by atoms with van der Waals surface area (Å²) in [7, 11) is 0. The van der Waals surface area contributed by atoms with E-state index >= 15 is 0 Å². The third-order valence-corrected chi connectivity index (χ3v) is 4.13. The van der Waals surface area contributed by atoms with Crippen LogP contribution in [0.1, 0.15) is 23.4 Å². The minimum Gasteiger partial charge on any atom is -0.328 e. The summed E-state index contributed by atoms with van der Waals surface area (Å²) >= 11 is 3.62. The van der Waals surface area contributed by atoms with Crippen molar-refractivity contribution in [3.8, 4) is 0 Å². The van der Waals surface area contributed by atoms with Gasteiger partial charge in [0.1, 0.15) is 5.82 Å². The Morgan fingerprint density at radius 3 is 3.00 bits per heavy atom. The Hall–Kier alpha value is -0.830. The maximum Gasteiger partial charge on any atom is 0.106 e. The van der Waals surface area contributed by atoms with Crippen LogP contribution in [0.5, 0.6) is 0 Å². The molecule has 2 nitrogen and oxygen atoms in total. The Kier molecular flexibility index (Phi) is 1.93. The Labute approximate surface area is 97.4 Å². The second-order valence-corrected chi connectivity index (χ2v) is 5.11. The molecule has 0 atom stereocenters. The van der Waals surface area contributed by atoms with Gasteiger partial charge in [-0.2, -0.15) is 0 Å². The molecule has 0 aliphatic carbocycles. The van der Waals surface area contributed by atoms with Crippen LogP contribution in [-0.4, -0.2) is 9.55 Å². The Morgan fingerprint density at radius 2 is 2.20 bits per heavy atom. The van der Waals surface area contributed by atoms with Gasteiger partial charge in [0.05, 0.1) is 11.0 Å². The highest BCUT2D eigenvalue weighted by Gasteiger charge is 2.18. The van der Waals surface area contributed by atoms with E-state index < -0.39 is 0 Å². The summed E-state index contributed by atoms with van der Waals surface area (Å²) in [6.07, 6.45) is 2.41. The van der Waals surface area contributed by atoms with Crippen LogP contribution in [0.25, 0.3) is 11.0 Å². The molecule has 78 valence electrons. The molecule has 1 aliphatic heterocycles. The molecule has 2 aromatic rings. The Bertz CT molecular complexity index is 554. The maximum atomic E-state index is 4.68. The molecule has 3 rings (SSSR count). The van der Waals surface area contributed by atoms with Crippen LogP contribution in [0, 0.1) is 13.8 Å². The number of hydrogen-bond donors (Lipinski definition) is 0. The first kappa shape index (κ1) is 9.40. The zero-order valence-corrected chi connectivity index (χ0v) is 10.6. The molecule has 1 aliphatic rings. The van der Waals surface area contributed by atoms with Gasteiger partial charge in [0, 0.05) is 11.0 Å². The van der Waals surface area contributed by atoms with Crippen LogP contribution >= 0.6 is 15.9 Å². The normalized spacial score (nSPS) is 14.9. The first-order chi connectivity index (χ1) is 7.18. The minimum absolute atomic E-state index is 1.12. The van der Waals surface area contributed by atoms with Crippen molar-refractivity contribution in [3.05, 3.63) is 27.5 Å². The van der Waals surface area contributed by atoms with Gasteiger partial charge in [0.15, 0.2) is 0 Å². The fourth-order valence-electron chi connectivity index (χ4n) is 2.49. The fraction of sp³-hybridized carbons (Fsp3) is 0.417. The molecule has 0 unspecified atom stereocenters. The van der Waals surface area contributed by atoms with Crippen molar-refractivity contribution in [1.29, 1.82) is 0 Å². The SMILES string of the molecule is Cc1c(Br)cc2c3c1nc(C)n3CCC2. The summed E-state index contributed by atoms with van der Waals surface area (Å²) in [6, 6.07) is 2.26. The van der Waals surface area contributed by atoms with E-state index in [2.05, 4.69) is 45.4 Å². The number of aryl methyl sites for hydroxylation is 4. The van der Waals surface area contributed by atoms with Crippen molar-refractivity contribution < 1.29 is 0 Å². The average molecular weight is 265 g/mol. The van der Waals surface area contributed by atoms with Crippen LogP contribution in [0.3, 0.4) is 0 Å². The zero-order valence-electron chi connectivity index (χ0n) is 8.97. The van der Waals surface area contributed by atoms with E-state index in [1.807, 2.05) is 0 Å². The summed E-state index contributed by atoms with van der Waals surface area (Å²) in [6.45, 7) is 5.35. The van der Waals surface area contributed by atoms with Gasteiger partial charge in [-0.15, -0.1) is 0 Å². The van der Waals surface area contributed by atoms with E-state index in [0.717, 1.165) is 12.4 Å². The molecule has 0 amide bonds. The first-order valence-corrected chi connectivity index (χ1v) is 6.12. The van der Waals surface area contributed by atoms with Gasteiger partial charge >= 0.3 is 0 Å². The molecule has 0 bridgehead atoms. The molecule has 0 fully saturated rings. The molecule has 0 spiro atoms. The monoisotopic (exact) mass is 264 g/mol. The third-order valence-electron chi connectivity index (χ3n) is 3.30.